The number of imide groups is 1. The van der Waals surface area contributed by atoms with E-state index in [2.05, 4.69) is 5.32 Å². The van der Waals surface area contributed by atoms with Crippen LogP contribution in [-0.2, 0) is 11.3 Å². The van der Waals surface area contributed by atoms with Gasteiger partial charge in [-0.2, -0.15) is 0 Å². The summed E-state index contributed by atoms with van der Waals surface area (Å²) in [5, 5.41) is 3.72. The molecule has 0 spiro atoms. The highest BCUT2D eigenvalue weighted by atomic mass is 35.5. The number of nitrogens with zero attached hydrogens (tertiary/aromatic N) is 1. The minimum atomic E-state index is -0.773. The van der Waals surface area contributed by atoms with Crippen LogP contribution in [0.25, 0.3) is 0 Å². The lowest BCUT2D eigenvalue weighted by Gasteiger charge is -2.21. The van der Waals surface area contributed by atoms with Gasteiger partial charge >= 0.3 is 6.03 Å². The Labute approximate surface area is 127 Å². The Morgan fingerprint density at radius 2 is 1.90 bits per heavy atom. The molecule has 1 saturated heterocycles. The van der Waals surface area contributed by atoms with Crippen LogP contribution in [0, 0.1) is 5.92 Å². The molecule has 4 nitrogen and oxygen atoms in total. The molecule has 1 saturated carbocycles. The predicted octanol–water partition coefficient (Wildman–Crippen LogP) is 3.21. The molecular weight excluding hydrogens is 299 g/mol. The summed E-state index contributed by atoms with van der Waals surface area (Å²) in [5.41, 5.74) is -0.176. The number of urea groups is 1. The van der Waals surface area contributed by atoms with Gasteiger partial charge in [-0.3, -0.25) is 9.69 Å². The van der Waals surface area contributed by atoms with Crippen molar-refractivity contribution in [2.24, 2.45) is 5.92 Å². The van der Waals surface area contributed by atoms with Gasteiger partial charge in [0.05, 0.1) is 6.54 Å². The Morgan fingerprint density at radius 3 is 2.45 bits per heavy atom. The summed E-state index contributed by atoms with van der Waals surface area (Å²) in [6.07, 6.45) is 1.95. The van der Waals surface area contributed by atoms with E-state index < -0.39 is 5.54 Å². The average Bonchev–Trinajstić information content (AvgIpc) is 3.19. The summed E-state index contributed by atoms with van der Waals surface area (Å²) in [5.74, 6) is 0.0478. The molecule has 0 bridgehead atoms. The van der Waals surface area contributed by atoms with E-state index >= 15 is 0 Å². The second-order valence-electron chi connectivity index (χ2n) is 5.50. The Hall–Kier alpha value is -1.26. The van der Waals surface area contributed by atoms with Crippen molar-refractivity contribution in [2.75, 3.05) is 0 Å². The fourth-order valence-electron chi connectivity index (χ4n) is 2.64. The number of carbonyl (C=O) groups is 2. The molecule has 106 valence electrons. The van der Waals surface area contributed by atoms with Crippen LogP contribution in [0.3, 0.4) is 0 Å². The van der Waals surface area contributed by atoms with Gasteiger partial charge in [-0.1, -0.05) is 29.3 Å². The highest BCUT2D eigenvalue weighted by Crippen LogP contribution is 2.43. The van der Waals surface area contributed by atoms with Gasteiger partial charge in [-0.25, -0.2) is 4.79 Å². The molecule has 6 heteroatoms. The lowest BCUT2D eigenvalue weighted by molar-refractivity contribution is -0.131. The largest absolute Gasteiger partial charge is 0.325 e. The highest BCUT2D eigenvalue weighted by Gasteiger charge is 2.55. The first kappa shape index (κ1) is 13.7. The molecule has 3 amide bonds. The molecule has 1 atom stereocenters. The van der Waals surface area contributed by atoms with Crippen molar-refractivity contribution in [3.05, 3.63) is 33.8 Å². The standard InChI is InChI=1S/C14H14Cl2N2O2/c1-14(8-5-6-8)12(19)18(13(20)17-14)7-9-10(15)3-2-4-11(9)16/h2-4,8H,5-7H2,1H3,(H,17,20). The quantitative estimate of drug-likeness (QED) is 0.871. The van der Waals surface area contributed by atoms with Gasteiger partial charge in [-0.15, -0.1) is 0 Å². The molecular formula is C14H14Cl2N2O2. The molecule has 3 rings (SSSR count). The number of benzene rings is 1. The molecule has 1 unspecified atom stereocenters. The lowest BCUT2D eigenvalue weighted by atomic mass is 9.96. The van der Waals surface area contributed by atoms with Crippen molar-refractivity contribution >= 4 is 35.1 Å². The van der Waals surface area contributed by atoms with Gasteiger partial charge in [0, 0.05) is 15.6 Å². The van der Waals surface area contributed by atoms with Gasteiger partial charge in [-0.05, 0) is 37.8 Å². The Kier molecular flexibility index (Phi) is 3.18. The first-order valence-corrected chi connectivity index (χ1v) is 7.26. The van der Waals surface area contributed by atoms with Crippen LogP contribution >= 0.6 is 23.2 Å². The zero-order chi connectivity index (χ0) is 14.5. The zero-order valence-corrected chi connectivity index (χ0v) is 12.5. The number of hydrogen-bond donors (Lipinski definition) is 1. The Bertz CT molecular complexity index is 581. The molecule has 1 aromatic rings. The number of rotatable bonds is 3. The molecule has 0 radical (unpaired) electrons. The van der Waals surface area contributed by atoms with Crippen molar-refractivity contribution in [2.45, 2.75) is 31.8 Å². The Morgan fingerprint density at radius 1 is 1.30 bits per heavy atom. The first-order chi connectivity index (χ1) is 9.43. The van der Waals surface area contributed by atoms with Crippen molar-refractivity contribution < 1.29 is 9.59 Å². The number of halogens is 2. The van der Waals surface area contributed by atoms with Crippen molar-refractivity contribution in [1.29, 1.82) is 0 Å². The topological polar surface area (TPSA) is 49.4 Å². The van der Waals surface area contributed by atoms with Crippen molar-refractivity contribution in [3.8, 4) is 0 Å². The third-order valence-corrected chi connectivity index (χ3v) is 4.78. The van der Waals surface area contributed by atoms with Crippen LogP contribution in [0.4, 0.5) is 4.79 Å². The molecule has 1 aliphatic carbocycles. The number of hydrogen-bond acceptors (Lipinski definition) is 2. The minimum absolute atomic E-state index is 0.103. The summed E-state index contributed by atoms with van der Waals surface area (Å²) in [6.45, 7) is 1.89. The summed E-state index contributed by atoms with van der Waals surface area (Å²) >= 11 is 12.2. The van der Waals surface area contributed by atoms with Crippen LogP contribution in [0.15, 0.2) is 18.2 Å². The number of nitrogens with one attached hydrogen (secondary N) is 1. The van der Waals surface area contributed by atoms with Crippen LogP contribution in [0.1, 0.15) is 25.3 Å². The van der Waals surface area contributed by atoms with E-state index in [0.717, 1.165) is 12.8 Å². The second kappa shape index (κ2) is 4.64. The van der Waals surface area contributed by atoms with E-state index in [9.17, 15) is 9.59 Å². The van der Waals surface area contributed by atoms with Crippen molar-refractivity contribution in [1.82, 2.24) is 10.2 Å². The molecule has 1 N–H and O–H groups in total. The normalized spacial score (nSPS) is 26.1. The van der Waals surface area contributed by atoms with E-state index in [1.54, 1.807) is 25.1 Å². The molecule has 1 aliphatic heterocycles. The highest BCUT2D eigenvalue weighted by molar-refractivity contribution is 6.36. The fourth-order valence-corrected chi connectivity index (χ4v) is 3.16. The SMILES string of the molecule is CC1(C2CC2)NC(=O)N(Cc2c(Cl)cccc2Cl)C1=O. The first-order valence-electron chi connectivity index (χ1n) is 6.50. The van der Waals surface area contributed by atoms with E-state index in [4.69, 9.17) is 23.2 Å². The van der Waals surface area contributed by atoms with E-state index in [1.807, 2.05) is 0 Å². The lowest BCUT2D eigenvalue weighted by Crippen LogP contribution is -2.46. The van der Waals surface area contributed by atoms with Gasteiger partial charge < -0.3 is 5.32 Å². The molecule has 1 aromatic carbocycles. The molecule has 2 aliphatic rings. The monoisotopic (exact) mass is 312 g/mol. The maximum Gasteiger partial charge on any atom is 0.325 e. The molecule has 1 heterocycles. The number of amides is 3. The van der Waals surface area contributed by atoms with E-state index in [1.165, 1.54) is 4.90 Å². The van der Waals surface area contributed by atoms with Crippen LogP contribution in [0.2, 0.25) is 10.0 Å². The van der Waals surface area contributed by atoms with Gasteiger partial charge in [0.1, 0.15) is 5.54 Å². The summed E-state index contributed by atoms with van der Waals surface area (Å²) in [7, 11) is 0. The summed E-state index contributed by atoms with van der Waals surface area (Å²) in [4.78, 5) is 25.8. The Balaban J connectivity index is 1.88. The van der Waals surface area contributed by atoms with Crippen molar-refractivity contribution in [3.63, 3.8) is 0 Å². The fraction of sp³-hybridized carbons (Fsp3) is 0.429. The zero-order valence-electron chi connectivity index (χ0n) is 11.0. The smallest absolute Gasteiger partial charge is 0.323 e. The second-order valence-corrected chi connectivity index (χ2v) is 6.31. The van der Waals surface area contributed by atoms with Crippen LogP contribution < -0.4 is 5.32 Å². The predicted molar refractivity (Wildman–Crippen MR) is 76.7 cm³/mol. The summed E-state index contributed by atoms with van der Waals surface area (Å²) < 4.78 is 0. The number of carbonyl (C=O) groups excluding carboxylic acids is 2. The molecule has 20 heavy (non-hydrogen) atoms. The minimum Gasteiger partial charge on any atom is -0.323 e. The van der Waals surface area contributed by atoms with Crippen LogP contribution in [0.5, 0.6) is 0 Å². The van der Waals surface area contributed by atoms with Gasteiger partial charge in [0.25, 0.3) is 5.91 Å². The van der Waals surface area contributed by atoms with E-state index in [0.29, 0.717) is 15.6 Å². The summed E-state index contributed by atoms with van der Waals surface area (Å²) in [6, 6.07) is 4.75. The van der Waals surface area contributed by atoms with Crippen LogP contribution in [-0.4, -0.2) is 22.4 Å². The molecule has 2 fully saturated rings. The average molecular weight is 313 g/mol. The molecule has 0 aromatic heterocycles. The maximum atomic E-state index is 12.5. The van der Waals surface area contributed by atoms with Gasteiger partial charge in [0.15, 0.2) is 0 Å². The maximum absolute atomic E-state index is 12.5. The van der Waals surface area contributed by atoms with E-state index in [-0.39, 0.29) is 24.4 Å². The third-order valence-electron chi connectivity index (χ3n) is 4.07. The third kappa shape index (κ3) is 2.07. The van der Waals surface area contributed by atoms with Gasteiger partial charge in [0.2, 0.25) is 0 Å².